The second-order valence-corrected chi connectivity index (χ2v) is 6.83. The zero-order valence-corrected chi connectivity index (χ0v) is 15.1. The Balaban J connectivity index is 1.99. The summed E-state index contributed by atoms with van der Waals surface area (Å²) in [7, 11) is 0. The van der Waals surface area contributed by atoms with Gasteiger partial charge in [-0.3, -0.25) is 4.90 Å². The third-order valence-corrected chi connectivity index (χ3v) is 3.73. The van der Waals surface area contributed by atoms with Crippen LogP contribution >= 0.6 is 0 Å². The zero-order valence-electron chi connectivity index (χ0n) is 15.1. The maximum absolute atomic E-state index is 12.4. The lowest BCUT2D eigenvalue weighted by Gasteiger charge is -2.24. The topological polar surface area (TPSA) is 111 Å². The maximum atomic E-state index is 12.4. The monoisotopic (exact) mass is 363 g/mol. The molecule has 0 aromatic carbocycles. The van der Waals surface area contributed by atoms with Crippen molar-refractivity contribution in [2.24, 2.45) is 0 Å². The van der Waals surface area contributed by atoms with Crippen LogP contribution in [0.5, 0.6) is 0 Å². The van der Waals surface area contributed by atoms with Crippen LogP contribution in [0.2, 0.25) is 0 Å². The first-order valence-electron chi connectivity index (χ1n) is 8.23. The van der Waals surface area contributed by atoms with Crippen LogP contribution in [0.25, 0.3) is 5.82 Å². The molecule has 1 aliphatic rings. The Labute approximate surface area is 149 Å². The predicted octanol–water partition coefficient (Wildman–Crippen LogP) is 1.62. The van der Waals surface area contributed by atoms with E-state index in [-0.39, 0.29) is 25.5 Å². The zero-order chi connectivity index (χ0) is 19.1. The van der Waals surface area contributed by atoms with Crippen molar-refractivity contribution in [3.8, 4) is 5.82 Å². The molecule has 0 spiro atoms. The van der Waals surface area contributed by atoms with Gasteiger partial charge in [-0.25, -0.2) is 19.0 Å². The third-order valence-electron chi connectivity index (χ3n) is 3.73. The minimum Gasteiger partial charge on any atom is -0.448 e. The summed E-state index contributed by atoms with van der Waals surface area (Å²) >= 11 is 0. The maximum Gasteiger partial charge on any atom is 0.435 e. The number of nitrogens with zero attached hydrogens (tertiary/aromatic N) is 4. The van der Waals surface area contributed by atoms with Crippen LogP contribution in [0.15, 0.2) is 17.2 Å². The highest BCUT2D eigenvalue weighted by Crippen LogP contribution is 2.29. The fourth-order valence-corrected chi connectivity index (χ4v) is 2.70. The van der Waals surface area contributed by atoms with E-state index in [9.17, 15) is 14.4 Å². The first-order chi connectivity index (χ1) is 12.2. The number of amides is 1. The van der Waals surface area contributed by atoms with Crippen molar-refractivity contribution < 1.29 is 19.1 Å². The lowest BCUT2D eigenvalue weighted by atomic mass is 10.2. The van der Waals surface area contributed by atoms with Crippen LogP contribution in [0.1, 0.15) is 39.0 Å². The van der Waals surface area contributed by atoms with Gasteiger partial charge in [-0.2, -0.15) is 4.68 Å². The summed E-state index contributed by atoms with van der Waals surface area (Å²) in [4.78, 5) is 40.5. The summed E-state index contributed by atoms with van der Waals surface area (Å²) in [5.41, 5.74) is 0.0689. The van der Waals surface area contributed by atoms with E-state index in [1.54, 1.807) is 27.7 Å². The van der Waals surface area contributed by atoms with Gasteiger partial charge in [-0.05, 0) is 27.7 Å². The minimum absolute atomic E-state index is 0.134. The van der Waals surface area contributed by atoms with Crippen molar-refractivity contribution in [1.29, 1.82) is 0 Å². The smallest absolute Gasteiger partial charge is 0.435 e. The van der Waals surface area contributed by atoms with Gasteiger partial charge < -0.3 is 14.5 Å². The van der Waals surface area contributed by atoms with Crippen molar-refractivity contribution in [2.75, 3.05) is 6.61 Å². The van der Waals surface area contributed by atoms with Crippen LogP contribution in [-0.4, -0.2) is 48.6 Å². The van der Waals surface area contributed by atoms with E-state index in [1.165, 1.54) is 21.9 Å². The predicted molar refractivity (Wildman–Crippen MR) is 90.1 cm³/mol. The normalized spacial score (nSPS) is 13.6. The fourth-order valence-electron chi connectivity index (χ4n) is 2.70. The van der Waals surface area contributed by atoms with Crippen LogP contribution in [0.3, 0.4) is 0 Å². The third kappa shape index (κ3) is 3.22. The number of aromatic amines is 1. The van der Waals surface area contributed by atoms with Crippen molar-refractivity contribution in [1.82, 2.24) is 24.2 Å². The van der Waals surface area contributed by atoms with E-state index >= 15 is 0 Å². The van der Waals surface area contributed by atoms with Crippen LogP contribution < -0.4 is 5.69 Å². The van der Waals surface area contributed by atoms with Gasteiger partial charge in [0.2, 0.25) is 0 Å². The Hall–Kier alpha value is -3.04. The van der Waals surface area contributed by atoms with Crippen LogP contribution in [-0.2, 0) is 22.6 Å². The largest absolute Gasteiger partial charge is 0.448 e. The Morgan fingerprint density at radius 3 is 2.58 bits per heavy atom. The minimum atomic E-state index is -0.662. The summed E-state index contributed by atoms with van der Waals surface area (Å²) in [6.45, 7) is 7.51. The molecular formula is C16H21N5O5. The molecule has 1 amide bonds. The summed E-state index contributed by atoms with van der Waals surface area (Å²) in [6.07, 6.45) is 1.82. The average molecular weight is 363 g/mol. The molecule has 26 heavy (non-hydrogen) atoms. The number of rotatable bonds is 2. The quantitative estimate of drug-likeness (QED) is 0.868. The first-order valence-corrected chi connectivity index (χ1v) is 8.23. The van der Waals surface area contributed by atoms with Gasteiger partial charge in [0.05, 0.1) is 25.4 Å². The van der Waals surface area contributed by atoms with Gasteiger partial charge in [-0.15, -0.1) is 5.10 Å². The van der Waals surface area contributed by atoms with Gasteiger partial charge in [0, 0.05) is 18.0 Å². The molecule has 2 aromatic heterocycles. The van der Waals surface area contributed by atoms with E-state index in [2.05, 4.69) is 10.1 Å². The molecule has 10 heteroatoms. The lowest BCUT2D eigenvalue weighted by molar-refractivity contribution is 0.0237. The molecule has 0 fully saturated rings. The summed E-state index contributed by atoms with van der Waals surface area (Å²) in [5, 5.41) is 4.23. The average Bonchev–Trinajstić information content (AvgIpc) is 3.20. The molecule has 140 valence electrons. The van der Waals surface area contributed by atoms with Crippen molar-refractivity contribution >= 4 is 12.2 Å². The van der Waals surface area contributed by atoms with E-state index < -0.39 is 23.5 Å². The highest BCUT2D eigenvalue weighted by atomic mass is 16.6. The summed E-state index contributed by atoms with van der Waals surface area (Å²) in [6, 6.07) is 0. The van der Waals surface area contributed by atoms with E-state index in [0.717, 1.165) is 4.68 Å². The number of hydrogen-bond acceptors (Lipinski definition) is 6. The summed E-state index contributed by atoms with van der Waals surface area (Å²) in [5.74, 6) is 0.283. The van der Waals surface area contributed by atoms with E-state index in [0.29, 0.717) is 11.3 Å². The van der Waals surface area contributed by atoms with Crippen molar-refractivity contribution in [2.45, 2.75) is 46.4 Å². The Bertz CT molecular complexity index is 901. The van der Waals surface area contributed by atoms with Crippen LogP contribution in [0, 0.1) is 0 Å². The number of ether oxygens (including phenoxy) is 2. The van der Waals surface area contributed by atoms with Crippen molar-refractivity contribution in [3.05, 3.63) is 34.1 Å². The molecule has 0 unspecified atom stereocenters. The second kappa shape index (κ2) is 6.36. The number of hydrogen-bond donors (Lipinski definition) is 1. The number of fused-ring (bicyclic) bond motifs is 1. The highest BCUT2D eigenvalue weighted by Gasteiger charge is 2.35. The molecule has 3 heterocycles. The Morgan fingerprint density at radius 1 is 1.27 bits per heavy atom. The van der Waals surface area contributed by atoms with Gasteiger partial charge in [0.1, 0.15) is 5.60 Å². The number of carbonyl (C=O) groups excluding carboxylic acids is 2. The van der Waals surface area contributed by atoms with E-state index in [1.807, 2.05) is 0 Å². The van der Waals surface area contributed by atoms with Crippen LogP contribution in [0.4, 0.5) is 9.59 Å². The standard InChI is InChI=1S/C16H21N5O5/c1-5-25-15(24)21-11-9-19(14(23)26-16(2,3)4)8-10(11)12(18-21)20-7-6-17-13(20)22/h6-7H,5,8-9H2,1-4H3,(H,17,22). The van der Waals surface area contributed by atoms with E-state index in [4.69, 9.17) is 9.47 Å². The summed E-state index contributed by atoms with van der Waals surface area (Å²) < 4.78 is 12.8. The Kier molecular flexibility index (Phi) is 4.34. The molecule has 0 aliphatic carbocycles. The molecule has 0 saturated heterocycles. The van der Waals surface area contributed by atoms with Gasteiger partial charge >= 0.3 is 17.9 Å². The number of nitrogens with one attached hydrogen (secondary N) is 1. The lowest BCUT2D eigenvalue weighted by Crippen LogP contribution is -2.34. The molecule has 0 bridgehead atoms. The molecule has 10 nitrogen and oxygen atoms in total. The second-order valence-electron chi connectivity index (χ2n) is 6.83. The van der Waals surface area contributed by atoms with Crippen molar-refractivity contribution in [3.63, 3.8) is 0 Å². The molecular weight excluding hydrogens is 342 g/mol. The molecule has 0 radical (unpaired) electrons. The SMILES string of the molecule is CCOC(=O)n1nc(-n2cc[nH]c2=O)c2c1CN(C(=O)OC(C)(C)C)C2. The first kappa shape index (κ1) is 17.8. The number of aromatic nitrogens is 4. The molecule has 0 atom stereocenters. The van der Waals surface area contributed by atoms with Gasteiger partial charge in [0.25, 0.3) is 0 Å². The molecule has 1 aliphatic heterocycles. The number of carbonyl (C=O) groups is 2. The molecule has 1 N–H and O–H groups in total. The number of imidazole rings is 1. The van der Waals surface area contributed by atoms with Gasteiger partial charge in [-0.1, -0.05) is 0 Å². The van der Waals surface area contributed by atoms with Gasteiger partial charge in [0.15, 0.2) is 5.82 Å². The molecule has 2 aromatic rings. The number of H-pyrrole nitrogens is 1. The molecule has 0 saturated carbocycles. The Morgan fingerprint density at radius 2 is 2.00 bits per heavy atom. The fraction of sp³-hybridized carbons (Fsp3) is 0.500. The highest BCUT2D eigenvalue weighted by molar-refractivity contribution is 5.74. The molecule has 3 rings (SSSR count).